The Morgan fingerprint density at radius 1 is 1.00 bits per heavy atom. The first-order chi connectivity index (χ1) is 12.1. The van der Waals surface area contributed by atoms with Gasteiger partial charge < -0.3 is 14.8 Å². The summed E-state index contributed by atoms with van der Waals surface area (Å²) in [7, 11) is 4.13. The van der Waals surface area contributed by atoms with Gasteiger partial charge >= 0.3 is 0 Å². The number of benzene rings is 2. The van der Waals surface area contributed by atoms with Crippen LogP contribution >= 0.6 is 0 Å². The highest BCUT2D eigenvalue weighted by Gasteiger charge is 2.07. The highest BCUT2D eigenvalue weighted by molar-refractivity contribution is 6.04. The lowest BCUT2D eigenvalue weighted by Crippen LogP contribution is -2.15. The van der Waals surface area contributed by atoms with Crippen molar-refractivity contribution in [2.75, 3.05) is 26.0 Å². The quantitative estimate of drug-likeness (QED) is 0.744. The van der Waals surface area contributed by atoms with E-state index in [9.17, 15) is 4.79 Å². The normalized spacial score (nSPS) is 10.8. The van der Waals surface area contributed by atoms with Crippen molar-refractivity contribution in [3.8, 4) is 5.69 Å². The topological polar surface area (TPSA) is 37.3 Å². The first-order valence-electron chi connectivity index (χ1n) is 8.40. The van der Waals surface area contributed by atoms with Crippen molar-refractivity contribution >= 4 is 11.6 Å². The molecule has 0 fully saturated rings. The van der Waals surface area contributed by atoms with E-state index in [4.69, 9.17) is 0 Å². The van der Waals surface area contributed by atoms with Gasteiger partial charge in [0.1, 0.15) is 0 Å². The van der Waals surface area contributed by atoms with Gasteiger partial charge in [0.05, 0.1) is 0 Å². The summed E-state index contributed by atoms with van der Waals surface area (Å²) in [5.41, 5.74) is 3.69. The third-order valence-electron chi connectivity index (χ3n) is 4.07. The van der Waals surface area contributed by atoms with E-state index in [1.54, 1.807) is 0 Å². The van der Waals surface area contributed by atoms with E-state index < -0.39 is 0 Å². The molecule has 2 aromatic carbocycles. The minimum absolute atomic E-state index is 0.102. The minimum Gasteiger partial charge on any atom is -0.324 e. The van der Waals surface area contributed by atoms with E-state index in [1.165, 1.54) is 5.56 Å². The van der Waals surface area contributed by atoms with Crippen molar-refractivity contribution < 1.29 is 4.79 Å². The molecule has 0 spiro atoms. The van der Waals surface area contributed by atoms with E-state index >= 15 is 0 Å². The summed E-state index contributed by atoms with van der Waals surface area (Å²) in [6.45, 7) is 1.01. The summed E-state index contributed by atoms with van der Waals surface area (Å²) in [6.07, 6.45) is 4.92. The van der Waals surface area contributed by atoms with Crippen LogP contribution < -0.4 is 5.32 Å². The number of anilines is 1. The highest BCUT2D eigenvalue weighted by atomic mass is 16.1. The molecule has 128 valence electrons. The Balaban J connectivity index is 1.67. The van der Waals surface area contributed by atoms with Crippen LogP contribution in [0.1, 0.15) is 15.9 Å². The smallest absolute Gasteiger partial charge is 0.255 e. The van der Waals surface area contributed by atoms with Gasteiger partial charge in [-0.05, 0) is 68.5 Å². The maximum absolute atomic E-state index is 12.5. The predicted molar refractivity (Wildman–Crippen MR) is 102 cm³/mol. The molecule has 4 nitrogen and oxygen atoms in total. The van der Waals surface area contributed by atoms with Gasteiger partial charge in [-0.3, -0.25) is 4.79 Å². The number of hydrogen-bond acceptors (Lipinski definition) is 2. The van der Waals surface area contributed by atoms with Gasteiger partial charge in [-0.25, -0.2) is 0 Å². The van der Waals surface area contributed by atoms with E-state index in [0.29, 0.717) is 5.56 Å². The molecule has 0 aliphatic heterocycles. The second-order valence-corrected chi connectivity index (χ2v) is 6.34. The molecule has 3 rings (SSSR count). The fourth-order valence-electron chi connectivity index (χ4n) is 2.63. The molecule has 1 aromatic heterocycles. The average Bonchev–Trinajstić information content (AvgIpc) is 3.16. The molecule has 0 unspecified atom stereocenters. The van der Waals surface area contributed by atoms with Crippen molar-refractivity contribution in [3.05, 3.63) is 84.2 Å². The summed E-state index contributed by atoms with van der Waals surface area (Å²) >= 11 is 0. The van der Waals surface area contributed by atoms with Crippen molar-refractivity contribution in [1.82, 2.24) is 9.47 Å². The number of rotatable bonds is 6. The number of nitrogens with one attached hydrogen (secondary N) is 1. The zero-order valence-corrected chi connectivity index (χ0v) is 14.6. The van der Waals surface area contributed by atoms with Gasteiger partial charge in [0.2, 0.25) is 0 Å². The number of hydrogen-bond donors (Lipinski definition) is 1. The molecule has 4 heteroatoms. The summed E-state index contributed by atoms with van der Waals surface area (Å²) < 4.78 is 1.98. The monoisotopic (exact) mass is 333 g/mol. The molecule has 0 bridgehead atoms. The van der Waals surface area contributed by atoms with Crippen molar-refractivity contribution in [3.63, 3.8) is 0 Å². The fraction of sp³-hybridized carbons (Fsp3) is 0.190. The molecule has 0 saturated carbocycles. The lowest BCUT2D eigenvalue weighted by molar-refractivity contribution is 0.102. The zero-order chi connectivity index (χ0) is 17.6. The third-order valence-corrected chi connectivity index (χ3v) is 4.07. The Kier molecular flexibility index (Phi) is 5.31. The number of amides is 1. The van der Waals surface area contributed by atoms with Gasteiger partial charge in [0.15, 0.2) is 0 Å². The second kappa shape index (κ2) is 7.81. The molecular weight excluding hydrogens is 310 g/mol. The van der Waals surface area contributed by atoms with Crippen LogP contribution in [-0.2, 0) is 6.42 Å². The largest absolute Gasteiger partial charge is 0.324 e. The summed E-state index contributed by atoms with van der Waals surface area (Å²) in [4.78, 5) is 14.7. The van der Waals surface area contributed by atoms with Crippen LogP contribution in [0.15, 0.2) is 73.1 Å². The van der Waals surface area contributed by atoms with Crippen LogP contribution in [0.4, 0.5) is 5.69 Å². The molecule has 1 N–H and O–H groups in total. The molecule has 0 saturated heterocycles. The van der Waals surface area contributed by atoms with Gasteiger partial charge in [-0.15, -0.1) is 0 Å². The highest BCUT2D eigenvalue weighted by Crippen LogP contribution is 2.15. The minimum atomic E-state index is -0.102. The van der Waals surface area contributed by atoms with Gasteiger partial charge in [-0.1, -0.05) is 18.2 Å². The maximum Gasteiger partial charge on any atom is 0.255 e. The summed E-state index contributed by atoms with van der Waals surface area (Å²) in [6, 6.07) is 19.6. The molecule has 3 aromatic rings. The van der Waals surface area contributed by atoms with Crippen LogP contribution in [0.3, 0.4) is 0 Å². The van der Waals surface area contributed by atoms with E-state index in [2.05, 4.69) is 36.4 Å². The molecule has 1 heterocycles. The van der Waals surface area contributed by atoms with Crippen molar-refractivity contribution in [2.45, 2.75) is 6.42 Å². The lowest BCUT2D eigenvalue weighted by Gasteiger charge is -2.10. The first kappa shape index (κ1) is 17.0. The number of carbonyl (C=O) groups excluding carboxylic acids is 1. The number of aromatic nitrogens is 1. The van der Waals surface area contributed by atoms with Crippen LogP contribution in [0.2, 0.25) is 0 Å². The molecule has 0 radical (unpaired) electrons. The van der Waals surface area contributed by atoms with Crippen LogP contribution in [0.25, 0.3) is 5.69 Å². The fourth-order valence-corrected chi connectivity index (χ4v) is 2.63. The Morgan fingerprint density at radius 2 is 1.72 bits per heavy atom. The summed E-state index contributed by atoms with van der Waals surface area (Å²) in [5.74, 6) is -0.102. The third kappa shape index (κ3) is 4.58. The Morgan fingerprint density at radius 3 is 2.40 bits per heavy atom. The average molecular weight is 333 g/mol. The van der Waals surface area contributed by atoms with Crippen molar-refractivity contribution in [1.29, 1.82) is 0 Å². The van der Waals surface area contributed by atoms with Crippen LogP contribution in [-0.4, -0.2) is 36.0 Å². The Hall–Kier alpha value is -2.85. The lowest BCUT2D eigenvalue weighted by atomic mass is 10.1. The van der Waals surface area contributed by atoms with Gasteiger partial charge in [0.25, 0.3) is 5.91 Å². The number of carbonyl (C=O) groups is 1. The van der Waals surface area contributed by atoms with Gasteiger partial charge in [-0.2, -0.15) is 0 Å². The Bertz CT molecular complexity index is 821. The molecule has 0 atom stereocenters. The SMILES string of the molecule is CN(C)CCc1ccc(NC(=O)c2cccc(-n3cccc3)c2)cc1. The zero-order valence-electron chi connectivity index (χ0n) is 14.6. The summed E-state index contributed by atoms with van der Waals surface area (Å²) in [5, 5.41) is 2.96. The van der Waals surface area contributed by atoms with E-state index in [0.717, 1.165) is 24.3 Å². The number of likely N-dealkylation sites (N-methyl/N-ethyl adjacent to an activating group) is 1. The molecule has 0 aliphatic rings. The molecule has 1 amide bonds. The van der Waals surface area contributed by atoms with Crippen LogP contribution in [0, 0.1) is 0 Å². The molecular formula is C21H23N3O. The van der Waals surface area contributed by atoms with E-state index in [1.807, 2.05) is 65.5 Å². The molecule has 25 heavy (non-hydrogen) atoms. The number of nitrogens with zero attached hydrogens (tertiary/aromatic N) is 2. The predicted octanol–water partition coefficient (Wildman–Crippen LogP) is 3.83. The maximum atomic E-state index is 12.5. The first-order valence-corrected chi connectivity index (χ1v) is 8.40. The van der Waals surface area contributed by atoms with Crippen molar-refractivity contribution in [2.24, 2.45) is 0 Å². The Labute approximate surface area is 148 Å². The van der Waals surface area contributed by atoms with E-state index in [-0.39, 0.29) is 5.91 Å². The van der Waals surface area contributed by atoms with Crippen LogP contribution in [0.5, 0.6) is 0 Å². The standard InChI is InChI=1S/C21H23N3O/c1-23(2)15-12-17-8-10-19(11-9-17)22-21(25)18-6-5-7-20(16-18)24-13-3-4-14-24/h3-11,13-14,16H,12,15H2,1-2H3,(H,22,25). The van der Waals surface area contributed by atoms with Gasteiger partial charge in [0, 0.05) is 35.9 Å². The second-order valence-electron chi connectivity index (χ2n) is 6.34. The molecule has 0 aliphatic carbocycles.